The molecular formula is C19H19F6N3O4S. The molecule has 0 spiro atoms. The molecule has 0 saturated carbocycles. The highest BCUT2D eigenvalue weighted by molar-refractivity contribution is 7.92. The SMILES string of the molecule is CC1(S(=O)(=O)c2cccc(C(F)(F)F)c2)CCOC(c2cc(C(F)(F)F)nn2CC(N)=O)C1. The van der Waals surface area contributed by atoms with Gasteiger partial charge in [-0.3, -0.25) is 9.48 Å². The average Bonchev–Trinajstić information content (AvgIpc) is 3.11. The fourth-order valence-corrected chi connectivity index (χ4v) is 5.46. The number of hydrogen-bond acceptors (Lipinski definition) is 5. The Kier molecular flexibility index (Phi) is 6.30. The molecule has 1 aliphatic rings. The summed E-state index contributed by atoms with van der Waals surface area (Å²) in [5, 5.41) is 3.34. The number of carbonyl (C=O) groups is 1. The van der Waals surface area contributed by atoms with Gasteiger partial charge in [0.25, 0.3) is 0 Å². The van der Waals surface area contributed by atoms with Crippen LogP contribution in [0.25, 0.3) is 0 Å². The maximum absolute atomic E-state index is 13.3. The second kappa shape index (κ2) is 8.31. The summed E-state index contributed by atoms with van der Waals surface area (Å²) in [6.45, 7) is 0.377. The van der Waals surface area contributed by atoms with Gasteiger partial charge in [0.2, 0.25) is 5.91 Å². The Morgan fingerprint density at radius 3 is 2.45 bits per heavy atom. The summed E-state index contributed by atoms with van der Waals surface area (Å²) >= 11 is 0. The molecule has 0 bridgehead atoms. The largest absolute Gasteiger partial charge is 0.435 e. The van der Waals surface area contributed by atoms with E-state index < -0.39 is 61.6 Å². The maximum atomic E-state index is 13.3. The Hall–Kier alpha value is -2.61. The van der Waals surface area contributed by atoms with E-state index in [1.54, 1.807) is 0 Å². The third-order valence-electron chi connectivity index (χ3n) is 5.42. The van der Waals surface area contributed by atoms with Gasteiger partial charge in [-0.05, 0) is 44.0 Å². The van der Waals surface area contributed by atoms with E-state index in [2.05, 4.69) is 5.10 Å². The summed E-state index contributed by atoms with van der Waals surface area (Å²) in [7, 11) is -4.37. The number of nitrogens with zero attached hydrogens (tertiary/aromatic N) is 2. The molecule has 2 aromatic rings. The number of sulfone groups is 1. The highest BCUT2D eigenvalue weighted by Gasteiger charge is 2.47. The highest BCUT2D eigenvalue weighted by Crippen LogP contribution is 2.43. The monoisotopic (exact) mass is 499 g/mol. The van der Waals surface area contributed by atoms with Crippen molar-refractivity contribution in [3.63, 3.8) is 0 Å². The number of aromatic nitrogens is 2. The Morgan fingerprint density at radius 1 is 1.21 bits per heavy atom. The van der Waals surface area contributed by atoms with Crippen molar-refractivity contribution in [2.75, 3.05) is 6.61 Å². The number of ether oxygens (including phenoxy) is 1. The number of carbonyl (C=O) groups excluding carboxylic acids is 1. The third kappa shape index (κ3) is 5.00. The molecule has 7 nitrogen and oxygen atoms in total. The van der Waals surface area contributed by atoms with Crippen molar-refractivity contribution in [3.8, 4) is 0 Å². The zero-order valence-corrected chi connectivity index (χ0v) is 17.9. The molecule has 2 atom stereocenters. The highest BCUT2D eigenvalue weighted by atomic mass is 32.2. The van der Waals surface area contributed by atoms with Crippen molar-refractivity contribution in [1.29, 1.82) is 0 Å². The zero-order valence-electron chi connectivity index (χ0n) is 17.1. The summed E-state index contributed by atoms with van der Waals surface area (Å²) in [5.41, 5.74) is 2.39. The first-order chi connectivity index (χ1) is 15.0. The van der Waals surface area contributed by atoms with Gasteiger partial charge >= 0.3 is 12.4 Å². The number of nitrogens with two attached hydrogens (primary N) is 1. The van der Waals surface area contributed by atoms with Crippen LogP contribution in [0.3, 0.4) is 0 Å². The summed E-state index contributed by atoms with van der Waals surface area (Å²) in [6.07, 6.45) is -11.3. The minimum Gasteiger partial charge on any atom is -0.372 e. The van der Waals surface area contributed by atoms with Gasteiger partial charge in [0.1, 0.15) is 12.6 Å². The lowest BCUT2D eigenvalue weighted by molar-refractivity contribution is -0.141. The van der Waals surface area contributed by atoms with E-state index in [-0.39, 0.29) is 25.1 Å². The van der Waals surface area contributed by atoms with E-state index >= 15 is 0 Å². The first kappa shape index (κ1) is 25.0. The van der Waals surface area contributed by atoms with Gasteiger partial charge < -0.3 is 10.5 Å². The number of amides is 1. The van der Waals surface area contributed by atoms with Crippen molar-refractivity contribution < 1.29 is 44.3 Å². The van der Waals surface area contributed by atoms with Gasteiger partial charge in [0, 0.05) is 6.61 Å². The molecule has 1 aromatic heterocycles. The number of alkyl halides is 6. The fourth-order valence-electron chi connectivity index (χ4n) is 3.63. The Balaban J connectivity index is 2.00. The molecular weight excluding hydrogens is 480 g/mol. The number of benzene rings is 1. The van der Waals surface area contributed by atoms with Gasteiger partial charge in [-0.15, -0.1) is 0 Å². The van der Waals surface area contributed by atoms with Crippen molar-refractivity contribution in [2.45, 2.75) is 54.4 Å². The molecule has 2 heterocycles. The van der Waals surface area contributed by atoms with Crippen LogP contribution in [0.5, 0.6) is 0 Å². The molecule has 33 heavy (non-hydrogen) atoms. The lowest BCUT2D eigenvalue weighted by atomic mass is 9.94. The van der Waals surface area contributed by atoms with Gasteiger partial charge in [0.05, 0.1) is 20.9 Å². The number of primary amides is 1. The second-order valence-corrected chi connectivity index (χ2v) is 10.3. The van der Waals surface area contributed by atoms with Crippen molar-refractivity contribution in [3.05, 3.63) is 47.3 Å². The van der Waals surface area contributed by atoms with E-state index in [0.29, 0.717) is 16.8 Å². The average molecular weight is 499 g/mol. The molecule has 0 radical (unpaired) electrons. The summed E-state index contributed by atoms with van der Waals surface area (Å²) in [6, 6.07) is 3.88. The van der Waals surface area contributed by atoms with Crippen molar-refractivity contribution >= 4 is 15.7 Å². The molecule has 1 saturated heterocycles. The number of hydrogen-bond donors (Lipinski definition) is 1. The van der Waals surface area contributed by atoms with Crippen LogP contribution >= 0.6 is 0 Å². The van der Waals surface area contributed by atoms with Crippen molar-refractivity contribution in [2.24, 2.45) is 5.73 Å². The molecule has 1 aliphatic heterocycles. The number of halogens is 6. The summed E-state index contributed by atoms with van der Waals surface area (Å²) in [5.74, 6) is -0.983. The topological polar surface area (TPSA) is 104 Å². The van der Waals surface area contributed by atoms with E-state index in [4.69, 9.17) is 10.5 Å². The van der Waals surface area contributed by atoms with Crippen LogP contribution < -0.4 is 5.73 Å². The quantitative estimate of drug-likeness (QED) is 0.635. The van der Waals surface area contributed by atoms with Gasteiger partial charge in [0.15, 0.2) is 15.5 Å². The Morgan fingerprint density at radius 2 is 1.88 bits per heavy atom. The predicted molar refractivity (Wildman–Crippen MR) is 101 cm³/mol. The lowest BCUT2D eigenvalue weighted by Gasteiger charge is -2.37. The van der Waals surface area contributed by atoms with Crippen LogP contribution in [0.15, 0.2) is 35.2 Å². The maximum Gasteiger partial charge on any atom is 0.435 e. The van der Waals surface area contributed by atoms with Gasteiger partial charge in [-0.1, -0.05) is 6.07 Å². The van der Waals surface area contributed by atoms with Crippen LogP contribution in [-0.2, 0) is 38.3 Å². The molecule has 2 N–H and O–H groups in total. The normalized spacial score (nSPS) is 22.3. The molecule has 1 fully saturated rings. The molecule has 0 aliphatic carbocycles. The second-order valence-electron chi connectivity index (χ2n) is 7.87. The standard InChI is InChI=1S/C19H19F6N3O4S/c1-17(33(30,31)12-4-2-3-11(7-12)18(20,21)22)5-6-32-14(9-17)13-8-15(19(23,24)25)27-28(13)10-16(26)29/h2-4,7-8,14H,5-6,9-10H2,1H3,(H2,26,29). The van der Waals surface area contributed by atoms with Crippen LogP contribution in [0.2, 0.25) is 0 Å². The smallest absolute Gasteiger partial charge is 0.372 e. The van der Waals surface area contributed by atoms with E-state index in [0.717, 1.165) is 18.2 Å². The zero-order chi connectivity index (χ0) is 24.8. The minimum absolute atomic E-state index is 0.113. The first-order valence-electron chi connectivity index (χ1n) is 9.51. The molecule has 1 aromatic carbocycles. The first-order valence-corrected chi connectivity index (χ1v) is 11.0. The minimum atomic E-state index is -4.85. The van der Waals surface area contributed by atoms with Gasteiger partial charge in [-0.2, -0.15) is 31.4 Å². The molecule has 14 heteroatoms. The lowest BCUT2D eigenvalue weighted by Crippen LogP contribution is -2.42. The predicted octanol–water partition coefficient (Wildman–Crippen LogP) is 3.49. The molecule has 182 valence electrons. The van der Waals surface area contributed by atoms with E-state index in [9.17, 15) is 39.6 Å². The third-order valence-corrected chi connectivity index (χ3v) is 7.97. The Bertz CT molecular complexity index is 1160. The van der Waals surface area contributed by atoms with E-state index in [1.165, 1.54) is 6.92 Å². The molecule has 2 unspecified atom stereocenters. The van der Waals surface area contributed by atoms with Crippen LogP contribution in [-0.4, -0.2) is 35.5 Å². The number of rotatable bonds is 5. The van der Waals surface area contributed by atoms with E-state index in [1.807, 2.05) is 0 Å². The van der Waals surface area contributed by atoms with Crippen LogP contribution in [0, 0.1) is 0 Å². The van der Waals surface area contributed by atoms with Crippen LogP contribution in [0.1, 0.15) is 42.8 Å². The Labute approximate surface area is 184 Å². The van der Waals surface area contributed by atoms with Gasteiger partial charge in [-0.25, -0.2) is 8.42 Å². The fraction of sp³-hybridized carbons (Fsp3) is 0.474. The summed E-state index contributed by atoms with van der Waals surface area (Å²) in [4.78, 5) is 10.7. The van der Waals surface area contributed by atoms with Crippen molar-refractivity contribution in [1.82, 2.24) is 9.78 Å². The van der Waals surface area contributed by atoms with Crippen LogP contribution in [0.4, 0.5) is 26.3 Å². The summed E-state index contributed by atoms with van der Waals surface area (Å²) < 4.78 is 110. The molecule has 3 rings (SSSR count). The molecule has 1 amide bonds.